The van der Waals surface area contributed by atoms with E-state index in [2.05, 4.69) is 15.3 Å². The SMILES string of the molecule is CC1(C)OS(=O)(=O)C2=C1Sc1nnc(-c3ccccc3)n1N=C2. The quantitative estimate of drug-likeness (QED) is 0.735. The number of nitrogens with zero attached hydrogens (tertiary/aromatic N) is 4. The summed E-state index contributed by atoms with van der Waals surface area (Å²) in [5.74, 6) is 0.557. The monoisotopic (exact) mass is 348 g/mol. The summed E-state index contributed by atoms with van der Waals surface area (Å²) in [6, 6.07) is 9.48. The van der Waals surface area contributed by atoms with Gasteiger partial charge in [-0.15, -0.1) is 10.2 Å². The van der Waals surface area contributed by atoms with Crippen molar-refractivity contribution in [2.24, 2.45) is 5.10 Å². The smallest absolute Gasteiger partial charge is 0.255 e. The molecule has 2 aliphatic rings. The Hall–Kier alpha value is -1.97. The standard InChI is InChI=1S/C14H12N4O3S2/c1-14(2)11-10(23(19,20)21-14)8-15-18-12(16-17-13(18)22-11)9-6-4-3-5-7-9/h3-8H,1-2H3. The molecule has 118 valence electrons. The summed E-state index contributed by atoms with van der Waals surface area (Å²) in [6.45, 7) is 3.41. The van der Waals surface area contributed by atoms with Crippen molar-refractivity contribution in [3.05, 3.63) is 40.1 Å². The topological polar surface area (TPSA) is 86.4 Å². The Bertz CT molecular complexity index is 959. The Morgan fingerprint density at radius 3 is 2.65 bits per heavy atom. The molecule has 0 radical (unpaired) electrons. The van der Waals surface area contributed by atoms with E-state index in [0.29, 0.717) is 15.9 Å². The maximum absolute atomic E-state index is 12.2. The van der Waals surface area contributed by atoms with Gasteiger partial charge in [0.05, 0.1) is 6.21 Å². The van der Waals surface area contributed by atoms with Crippen LogP contribution in [0, 0.1) is 0 Å². The fourth-order valence-electron chi connectivity index (χ4n) is 2.47. The van der Waals surface area contributed by atoms with Gasteiger partial charge in [-0.05, 0) is 25.6 Å². The highest BCUT2D eigenvalue weighted by Crippen LogP contribution is 2.46. The van der Waals surface area contributed by atoms with Gasteiger partial charge in [-0.1, -0.05) is 30.3 Å². The third-order valence-corrected chi connectivity index (χ3v) is 6.45. The van der Waals surface area contributed by atoms with E-state index in [1.165, 1.54) is 18.0 Å². The molecule has 4 rings (SSSR count). The average molecular weight is 348 g/mol. The number of aromatic nitrogens is 3. The third-order valence-electron chi connectivity index (χ3n) is 3.49. The number of hydrogen-bond donors (Lipinski definition) is 0. The van der Waals surface area contributed by atoms with Crippen LogP contribution < -0.4 is 0 Å². The maximum Gasteiger partial charge on any atom is 0.300 e. The lowest BCUT2D eigenvalue weighted by Gasteiger charge is -2.18. The molecule has 9 heteroatoms. The molecule has 1 aromatic carbocycles. The second kappa shape index (κ2) is 4.76. The van der Waals surface area contributed by atoms with Crippen LogP contribution in [0.25, 0.3) is 11.4 Å². The largest absolute Gasteiger partial charge is 0.300 e. The number of fused-ring (bicyclic) bond motifs is 1. The molecule has 0 unspecified atom stereocenters. The van der Waals surface area contributed by atoms with Crippen molar-refractivity contribution in [2.75, 3.05) is 0 Å². The Morgan fingerprint density at radius 2 is 1.91 bits per heavy atom. The van der Waals surface area contributed by atoms with E-state index >= 15 is 0 Å². The van der Waals surface area contributed by atoms with Crippen molar-refractivity contribution in [1.82, 2.24) is 14.9 Å². The highest BCUT2D eigenvalue weighted by Gasteiger charge is 2.46. The van der Waals surface area contributed by atoms with Gasteiger partial charge >= 0.3 is 0 Å². The summed E-state index contributed by atoms with van der Waals surface area (Å²) >= 11 is 1.21. The van der Waals surface area contributed by atoms with Crippen molar-refractivity contribution in [1.29, 1.82) is 0 Å². The van der Waals surface area contributed by atoms with Crippen LogP contribution in [0.5, 0.6) is 0 Å². The molecule has 2 aromatic rings. The Kier molecular flexibility index (Phi) is 3.03. The molecule has 7 nitrogen and oxygen atoms in total. The molecule has 0 fully saturated rings. The minimum absolute atomic E-state index is 0.0806. The molecule has 0 atom stereocenters. The van der Waals surface area contributed by atoms with Crippen molar-refractivity contribution in [3.63, 3.8) is 0 Å². The normalized spacial score (nSPS) is 21.0. The first kappa shape index (κ1) is 14.6. The molecule has 0 bridgehead atoms. The fraction of sp³-hybridized carbons (Fsp3) is 0.214. The zero-order valence-corrected chi connectivity index (χ0v) is 13.9. The van der Waals surface area contributed by atoms with Gasteiger partial charge in [0.25, 0.3) is 10.1 Å². The number of hydrogen-bond acceptors (Lipinski definition) is 7. The molecular weight excluding hydrogens is 336 g/mol. The zero-order chi connectivity index (χ0) is 16.2. The number of benzene rings is 1. The molecule has 3 heterocycles. The molecule has 0 N–H and O–H groups in total. The molecule has 0 spiro atoms. The third kappa shape index (κ3) is 2.23. The summed E-state index contributed by atoms with van der Waals surface area (Å²) in [6.07, 6.45) is 1.30. The summed E-state index contributed by atoms with van der Waals surface area (Å²) in [5, 5.41) is 13.1. The van der Waals surface area contributed by atoms with Crippen LogP contribution in [0.3, 0.4) is 0 Å². The van der Waals surface area contributed by atoms with Crippen LogP contribution in [0.1, 0.15) is 13.8 Å². The van der Waals surface area contributed by atoms with Gasteiger partial charge in [-0.25, -0.2) is 0 Å². The van der Waals surface area contributed by atoms with Crippen molar-refractivity contribution >= 4 is 28.1 Å². The zero-order valence-electron chi connectivity index (χ0n) is 12.3. The van der Waals surface area contributed by atoms with E-state index in [9.17, 15) is 8.42 Å². The van der Waals surface area contributed by atoms with Crippen LogP contribution in [0.4, 0.5) is 0 Å². The van der Waals surface area contributed by atoms with Crippen LogP contribution in [-0.4, -0.2) is 35.1 Å². The van der Waals surface area contributed by atoms with Gasteiger partial charge in [-0.2, -0.15) is 18.2 Å². The van der Waals surface area contributed by atoms with E-state index in [4.69, 9.17) is 4.18 Å². The van der Waals surface area contributed by atoms with Crippen molar-refractivity contribution < 1.29 is 12.6 Å². The highest BCUT2D eigenvalue weighted by atomic mass is 32.2. The number of rotatable bonds is 1. The Labute approximate surface area is 137 Å². The highest BCUT2D eigenvalue weighted by molar-refractivity contribution is 8.04. The predicted molar refractivity (Wildman–Crippen MR) is 86.3 cm³/mol. The Balaban J connectivity index is 1.86. The van der Waals surface area contributed by atoms with Gasteiger partial charge in [0, 0.05) is 10.5 Å². The van der Waals surface area contributed by atoms with E-state index in [1.807, 2.05) is 30.3 Å². The Morgan fingerprint density at radius 1 is 1.17 bits per heavy atom. The van der Waals surface area contributed by atoms with Crippen molar-refractivity contribution in [2.45, 2.75) is 24.6 Å². The molecule has 0 saturated heterocycles. The van der Waals surface area contributed by atoms with Gasteiger partial charge in [0.15, 0.2) is 5.82 Å². The second-order valence-electron chi connectivity index (χ2n) is 5.57. The van der Waals surface area contributed by atoms with Crippen LogP contribution >= 0.6 is 11.8 Å². The minimum atomic E-state index is -3.80. The molecule has 0 amide bonds. The van der Waals surface area contributed by atoms with Gasteiger partial charge in [-0.3, -0.25) is 4.18 Å². The first-order chi connectivity index (χ1) is 10.9. The molecule has 23 heavy (non-hydrogen) atoms. The summed E-state index contributed by atoms with van der Waals surface area (Å²) in [4.78, 5) is 0.643. The fourth-order valence-corrected chi connectivity index (χ4v) is 5.25. The summed E-state index contributed by atoms with van der Waals surface area (Å²) < 4.78 is 31.0. The molecule has 0 aliphatic carbocycles. The van der Waals surface area contributed by atoms with E-state index < -0.39 is 15.7 Å². The maximum atomic E-state index is 12.2. The van der Waals surface area contributed by atoms with Crippen molar-refractivity contribution in [3.8, 4) is 11.4 Å². The van der Waals surface area contributed by atoms with E-state index in [0.717, 1.165) is 5.56 Å². The van der Waals surface area contributed by atoms with Gasteiger partial charge in [0.2, 0.25) is 5.16 Å². The average Bonchev–Trinajstić information content (AvgIpc) is 2.86. The van der Waals surface area contributed by atoms with Gasteiger partial charge in [0.1, 0.15) is 10.5 Å². The van der Waals surface area contributed by atoms with E-state index in [-0.39, 0.29) is 4.91 Å². The van der Waals surface area contributed by atoms with Crippen LogP contribution in [0.2, 0.25) is 0 Å². The molecule has 0 saturated carbocycles. The van der Waals surface area contributed by atoms with Crippen LogP contribution in [0.15, 0.2) is 50.4 Å². The summed E-state index contributed by atoms with van der Waals surface area (Å²) in [7, 11) is -3.80. The lowest BCUT2D eigenvalue weighted by Crippen LogP contribution is -2.22. The molecule has 1 aromatic heterocycles. The second-order valence-corrected chi connectivity index (χ2v) is 8.06. The number of allylic oxidation sites excluding steroid dienone is 1. The summed E-state index contributed by atoms with van der Waals surface area (Å²) in [5.41, 5.74) is -0.0942. The number of thioether (sulfide) groups is 1. The first-order valence-electron chi connectivity index (χ1n) is 6.82. The molecule has 2 aliphatic heterocycles. The lowest BCUT2D eigenvalue weighted by molar-refractivity contribution is 0.180. The minimum Gasteiger partial charge on any atom is -0.255 e. The first-order valence-corrected chi connectivity index (χ1v) is 9.04. The lowest BCUT2D eigenvalue weighted by atomic mass is 10.1. The molecular formula is C14H12N4O3S2. The van der Waals surface area contributed by atoms with Crippen LogP contribution in [-0.2, 0) is 14.3 Å². The predicted octanol–water partition coefficient (Wildman–Crippen LogP) is 2.23. The van der Waals surface area contributed by atoms with E-state index in [1.54, 1.807) is 18.5 Å². The van der Waals surface area contributed by atoms with Gasteiger partial charge < -0.3 is 0 Å².